The van der Waals surface area contributed by atoms with Crippen molar-refractivity contribution < 1.29 is 21.7 Å². The van der Waals surface area contributed by atoms with E-state index in [2.05, 4.69) is 4.98 Å². The zero-order chi connectivity index (χ0) is 15.8. The van der Waals surface area contributed by atoms with Crippen LogP contribution in [0, 0.1) is 6.92 Å². The van der Waals surface area contributed by atoms with Crippen LogP contribution in [0.5, 0.6) is 0 Å². The number of aromatic nitrogens is 2. The van der Waals surface area contributed by atoms with Crippen LogP contribution in [-0.2, 0) is 19.0 Å². The standard InChI is InChI=1S/C11H15FN2O6S/c1-6-5-14(11(16)13-10(6)15)9-3-7(8(4-12)19-9)20-21(2,17)18/h5,7-9H,3-4H2,1-2H3,(H,13,15,16)/t7-,8+,9+/m0/s1. The van der Waals surface area contributed by atoms with Crippen LogP contribution in [-0.4, -0.2) is 43.1 Å². The van der Waals surface area contributed by atoms with E-state index in [1.54, 1.807) is 0 Å². The quantitative estimate of drug-likeness (QED) is 0.745. The van der Waals surface area contributed by atoms with E-state index in [0.29, 0.717) is 0 Å². The molecule has 3 atom stereocenters. The highest BCUT2D eigenvalue weighted by Crippen LogP contribution is 2.30. The Morgan fingerprint density at radius 3 is 2.76 bits per heavy atom. The monoisotopic (exact) mass is 322 g/mol. The first-order valence-electron chi connectivity index (χ1n) is 6.13. The minimum absolute atomic E-state index is 0.0208. The third kappa shape index (κ3) is 3.57. The first-order chi connectivity index (χ1) is 9.71. The lowest BCUT2D eigenvalue weighted by molar-refractivity contribution is -0.0266. The van der Waals surface area contributed by atoms with Gasteiger partial charge in [-0.3, -0.25) is 18.5 Å². The summed E-state index contributed by atoms with van der Waals surface area (Å²) in [4.78, 5) is 25.1. The average Bonchev–Trinajstić information content (AvgIpc) is 2.74. The van der Waals surface area contributed by atoms with E-state index < -0.39 is 46.5 Å². The SMILES string of the molecule is Cc1cn([C@H]2C[C@H](OS(C)(=O)=O)[C@@H](CF)O2)c(=O)[nH]c1=O. The number of halogens is 1. The average molecular weight is 322 g/mol. The Morgan fingerprint density at radius 1 is 1.52 bits per heavy atom. The van der Waals surface area contributed by atoms with E-state index in [-0.39, 0.29) is 12.0 Å². The molecule has 1 aromatic heterocycles. The molecule has 0 unspecified atom stereocenters. The Kier molecular flexibility index (Phi) is 4.30. The van der Waals surface area contributed by atoms with Gasteiger partial charge >= 0.3 is 5.69 Å². The van der Waals surface area contributed by atoms with Gasteiger partial charge in [-0.15, -0.1) is 0 Å². The predicted octanol–water partition coefficient (Wildman–Crippen LogP) is -0.553. The number of nitrogens with one attached hydrogen (secondary N) is 1. The zero-order valence-corrected chi connectivity index (χ0v) is 12.2. The lowest BCUT2D eigenvalue weighted by atomic mass is 10.2. The Hall–Kier alpha value is -1.52. The molecule has 118 valence electrons. The molecule has 10 heteroatoms. The van der Waals surface area contributed by atoms with Crippen molar-refractivity contribution in [3.05, 3.63) is 32.6 Å². The number of hydrogen-bond acceptors (Lipinski definition) is 6. The summed E-state index contributed by atoms with van der Waals surface area (Å²) in [6.07, 6.45) is -0.901. The van der Waals surface area contributed by atoms with Crippen molar-refractivity contribution in [2.24, 2.45) is 0 Å². The minimum Gasteiger partial charge on any atom is -0.349 e. The van der Waals surface area contributed by atoms with E-state index in [1.807, 2.05) is 0 Å². The molecular formula is C11H15FN2O6S. The Bertz CT molecular complexity index is 740. The number of rotatable bonds is 4. The number of alkyl halides is 1. The molecule has 1 saturated heterocycles. The largest absolute Gasteiger partial charge is 0.349 e. The third-order valence-corrected chi connectivity index (χ3v) is 3.68. The van der Waals surface area contributed by atoms with Gasteiger partial charge in [-0.05, 0) is 6.92 Å². The highest BCUT2D eigenvalue weighted by Gasteiger charge is 2.39. The smallest absolute Gasteiger partial charge is 0.330 e. The molecule has 1 fully saturated rings. The summed E-state index contributed by atoms with van der Waals surface area (Å²) in [5.41, 5.74) is -0.962. The van der Waals surface area contributed by atoms with E-state index in [9.17, 15) is 22.4 Å². The summed E-state index contributed by atoms with van der Waals surface area (Å²) < 4.78 is 46.4. The van der Waals surface area contributed by atoms with Gasteiger partial charge in [0.1, 0.15) is 25.1 Å². The number of aromatic amines is 1. The van der Waals surface area contributed by atoms with Gasteiger partial charge in [0, 0.05) is 18.2 Å². The van der Waals surface area contributed by atoms with Crippen LogP contribution in [0.2, 0.25) is 0 Å². The van der Waals surface area contributed by atoms with Gasteiger partial charge in [-0.1, -0.05) is 0 Å². The lowest BCUT2D eigenvalue weighted by Gasteiger charge is -2.14. The molecule has 2 heterocycles. The normalized spacial score (nSPS) is 26.1. The molecule has 0 aromatic carbocycles. The number of aryl methyl sites for hydroxylation is 1. The van der Waals surface area contributed by atoms with Crippen LogP contribution in [0.3, 0.4) is 0 Å². The summed E-state index contributed by atoms with van der Waals surface area (Å²) >= 11 is 0. The second-order valence-electron chi connectivity index (χ2n) is 4.84. The van der Waals surface area contributed by atoms with Crippen molar-refractivity contribution in [3.63, 3.8) is 0 Å². The summed E-state index contributed by atoms with van der Waals surface area (Å²) in [7, 11) is -3.77. The Balaban J connectivity index is 2.29. The van der Waals surface area contributed by atoms with Crippen LogP contribution in [0.25, 0.3) is 0 Å². The predicted molar refractivity (Wildman–Crippen MR) is 70.3 cm³/mol. The van der Waals surface area contributed by atoms with Gasteiger partial charge in [-0.25, -0.2) is 9.18 Å². The fraction of sp³-hybridized carbons (Fsp3) is 0.636. The van der Waals surface area contributed by atoms with Crippen LogP contribution in [0.15, 0.2) is 15.8 Å². The van der Waals surface area contributed by atoms with Crippen LogP contribution >= 0.6 is 0 Å². The third-order valence-electron chi connectivity index (χ3n) is 3.09. The van der Waals surface area contributed by atoms with Crippen LogP contribution in [0.1, 0.15) is 18.2 Å². The highest BCUT2D eigenvalue weighted by molar-refractivity contribution is 7.86. The molecule has 2 rings (SSSR count). The number of H-pyrrole nitrogens is 1. The maximum atomic E-state index is 12.9. The molecule has 1 aliphatic heterocycles. The van der Waals surface area contributed by atoms with Gasteiger partial charge < -0.3 is 4.74 Å². The molecule has 0 amide bonds. The van der Waals surface area contributed by atoms with Crippen LogP contribution in [0.4, 0.5) is 4.39 Å². The summed E-state index contributed by atoms with van der Waals surface area (Å²) in [5.74, 6) is 0. The number of hydrogen-bond donors (Lipinski definition) is 1. The van der Waals surface area contributed by atoms with E-state index in [1.165, 1.54) is 13.1 Å². The van der Waals surface area contributed by atoms with E-state index in [4.69, 9.17) is 8.92 Å². The van der Waals surface area contributed by atoms with Gasteiger partial charge in [-0.2, -0.15) is 8.42 Å². The summed E-state index contributed by atoms with van der Waals surface area (Å²) in [6.45, 7) is 0.550. The number of nitrogens with zero attached hydrogens (tertiary/aromatic N) is 1. The highest BCUT2D eigenvalue weighted by atomic mass is 32.2. The van der Waals surface area contributed by atoms with Gasteiger partial charge in [0.25, 0.3) is 15.7 Å². The molecule has 0 bridgehead atoms. The molecule has 1 N–H and O–H groups in total. The molecular weight excluding hydrogens is 307 g/mol. The fourth-order valence-electron chi connectivity index (χ4n) is 2.14. The van der Waals surface area contributed by atoms with Gasteiger partial charge in [0.05, 0.1) is 6.26 Å². The Morgan fingerprint density at radius 2 is 2.19 bits per heavy atom. The molecule has 1 aliphatic rings. The first kappa shape index (κ1) is 15.9. The molecule has 21 heavy (non-hydrogen) atoms. The molecule has 0 aliphatic carbocycles. The summed E-state index contributed by atoms with van der Waals surface area (Å²) in [5, 5.41) is 0. The molecule has 8 nitrogen and oxygen atoms in total. The van der Waals surface area contributed by atoms with Crippen molar-refractivity contribution in [3.8, 4) is 0 Å². The van der Waals surface area contributed by atoms with Crippen molar-refractivity contribution in [1.29, 1.82) is 0 Å². The second-order valence-corrected chi connectivity index (χ2v) is 6.44. The first-order valence-corrected chi connectivity index (χ1v) is 7.94. The molecule has 0 radical (unpaired) electrons. The Labute approximate surface area is 119 Å². The second kappa shape index (κ2) is 5.70. The maximum Gasteiger partial charge on any atom is 0.330 e. The van der Waals surface area contributed by atoms with Gasteiger partial charge in [0.15, 0.2) is 0 Å². The van der Waals surface area contributed by atoms with Gasteiger partial charge in [0.2, 0.25) is 0 Å². The molecule has 0 saturated carbocycles. The lowest BCUT2D eigenvalue weighted by Crippen LogP contribution is -2.33. The topological polar surface area (TPSA) is 107 Å². The molecule has 0 spiro atoms. The fourth-order valence-corrected chi connectivity index (χ4v) is 2.79. The van der Waals surface area contributed by atoms with Crippen molar-refractivity contribution >= 4 is 10.1 Å². The summed E-state index contributed by atoms with van der Waals surface area (Å²) in [6, 6.07) is 0. The minimum atomic E-state index is -3.77. The van der Waals surface area contributed by atoms with Crippen molar-refractivity contribution in [2.45, 2.75) is 31.8 Å². The van der Waals surface area contributed by atoms with Crippen molar-refractivity contribution in [2.75, 3.05) is 12.9 Å². The number of ether oxygens (including phenoxy) is 1. The maximum absolute atomic E-state index is 12.9. The van der Waals surface area contributed by atoms with Crippen LogP contribution < -0.4 is 11.2 Å². The van der Waals surface area contributed by atoms with E-state index >= 15 is 0 Å². The van der Waals surface area contributed by atoms with E-state index in [0.717, 1.165) is 10.8 Å². The van der Waals surface area contributed by atoms with Crippen molar-refractivity contribution in [1.82, 2.24) is 9.55 Å². The molecule has 1 aromatic rings. The zero-order valence-electron chi connectivity index (χ0n) is 11.4.